The van der Waals surface area contributed by atoms with Gasteiger partial charge >= 0.3 is 0 Å². The van der Waals surface area contributed by atoms with Crippen molar-refractivity contribution in [3.63, 3.8) is 0 Å². The Morgan fingerprint density at radius 1 is 0.952 bits per heavy atom. The van der Waals surface area contributed by atoms with Crippen molar-refractivity contribution in [3.05, 3.63) is 30.3 Å². The average Bonchev–Trinajstić information content (AvgIpc) is 3.25. The maximum atomic E-state index is 6.10. The molecule has 112 valence electrons. The molecule has 1 aromatic carbocycles. The van der Waals surface area contributed by atoms with E-state index in [0.29, 0.717) is 17.6 Å². The minimum Gasteiger partial charge on any atom is -0.491 e. The quantitative estimate of drug-likeness (QED) is 0.778. The summed E-state index contributed by atoms with van der Waals surface area (Å²) in [6.45, 7) is 0.733. The number of hydrogen-bond acceptors (Lipinski definition) is 2. The van der Waals surface area contributed by atoms with Crippen LogP contribution in [0, 0.1) is 23.2 Å². The maximum Gasteiger partial charge on any atom is 0.119 e. The molecular weight excluding hydrogens is 260 g/mol. The van der Waals surface area contributed by atoms with Crippen LogP contribution in [0.15, 0.2) is 30.3 Å². The summed E-state index contributed by atoms with van der Waals surface area (Å²) in [5.41, 5.74) is 0.527. The molecule has 1 aliphatic heterocycles. The van der Waals surface area contributed by atoms with E-state index >= 15 is 0 Å². The number of rotatable bonds is 4. The molecule has 5 aliphatic rings. The SMILES string of the molecule is c1ccc(OC[C@@H]2O[C@H]2C23CC4CC(CC(C4)C2)C3)cc1. The van der Waals surface area contributed by atoms with Gasteiger partial charge in [-0.3, -0.25) is 0 Å². The fraction of sp³-hybridized carbons (Fsp3) is 0.684. The molecule has 0 N–H and O–H groups in total. The first-order valence-corrected chi connectivity index (χ1v) is 8.64. The van der Waals surface area contributed by atoms with E-state index in [-0.39, 0.29) is 0 Å². The van der Waals surface area contributed by atoms with Crippen molar-refractivity contribution in [1.82, 2.24) is 0 Å². The van der Waals surface area contributed by atoms with Gasteiger partial charge in [0.2, 0.25) is 0 Å². The first kappa shape index (κ1) is 12.5. The zero-order chi connectivity index (χ0) is 13.9. The molecule has 1 aromatic rings. The third-order valence-electron chi connectivity index (χ3n) is 6.43. The van der Waals surface area contributed by atoms with Crippen LogP contribution in [0.3, 0.4) is 0 Å². The molecule has 6 rings (SSSR count). The Kier molecular flexibility index (Phi) is 2.67. The molecule has 2 atom stereocenters. The smallest absolute Gasteiger partial charge is 0.119 e. The molecule has 0 radical (unpaired) electrons. The predicted molar refractivity (Wildman–Crippen MR) is 81.2 cm³/mol. The predicted octanol–water partition coefficient (Wildman–Crippen LogP) is 4.05. The molecule has 5 fully saturated rings. The van der Waals surface area contributed by atoms with Gasteiger partial charge in [0, 0.05) is 5.41 Å². The van der Waals surface area contributed by atoms with E-state index in [1.54, 1.807) is 0 Å². The molecule has 1 heterocycles. The summed E-state index contributed by atoms with van der Waals surface area (Å²) in [4.78, 5) is 0. The molecule has 0 unspecified atom stereocenters. The lowest BCUT2D eigenvalue weighted by molar-refractivity contribution is -0.0670. The molecule has 0 aromatic heterocycles. The van der Waals surface area contributed by atoms with E-state index in [9.17, 15) is 0 Å². The van der Waals surface area contributed by atoms with Gasteiger partial charge in [-0.25, -0.2) is 0 Å². The van der Waals surface area contributed by atoms with Crippen molar-refractivity contribution in [2.45, 2.75) is 50.7 Å². The van der Waals surface area contributed by atoms with Crippen LogP contribution in [-0.4, -0.2) is 18.8 Å². The van der Waals surface area contributed by atoms with Crippen LogP contribution < -0.4 is 4.74 Å². The third-order valence-corrected chi connectivity index (χ3v) is 6.43. The van der Waals surface area contributed by atoms with Gasteiger partial charge in [-0.05, 0) is 68.4 Å². The Balaban J connectivity index is 1.24. The molecule has 21 heavy (non-hydrogen) atoms. The Bertz CT molecular complexity index is 488. The van der Waals surface area contributed by atoms with Gasteiger partial charge in [0.25, 0.3) is 0 Å². The second-order valence-corrected chi connectivity index (χ2v) is 8.00. The maximum absolute atomic E-state index is 6.10. The normalized spacial score (nSPS) is 46.6. The van der Waals surface area contributed by atoms with Crippen LogP contribution in [0.4, 0.5) is 0 Å². The van der Waals surface area contributed by atoms with Crippen LogP contribution in [0.25, 0.3) is 0 Å². The molecule has 2 nitrogen and oxygen atoms in total. The molecule has 1 saturated heterocycles. The number of para-hydroxylation sites is 1. The monoisotopic (exact) mass is 284 g/mol. The van der Waals surface area contributed by atoms with Crippen LogP contribution >= 0.6 is 0 Å². The van der Waals surface area contributed by atoms with Crippen LogP contribution in [0.2, 0.25) is 0 Å². The minimum absolute atomic E-state index is 0.349. The van der Waals surface area contributed by atoms with Gasteiger partial charge in [0.05, 0.1) is 6.10 Å². The Hall–Kier alpha value is -1.02. The highest BCUT2D eigenvalue weighted by Gasteiger charge is 2.61. The second kappa shape index (κ2) is 4.49. The number of ether oxygens (including phenoxy) is 2. The number of epoxide rings is 1. The van der Waals surface area contributed by atoms with Crippen molar-refractivity contribution in [3.8, 4) is 5.75 Å². The molecule has 4 saturated carbocycles. The highest BCUT2D eigenvalue weighted by atomic mass is 16.6. The zero-order valence-electron chi connectivity index (χ0n) is 12.5. The first-order chi connectivity index (χ1) is 10.3. The molecular formula is C19H24O2. The van der Waals surface area contributed by atoms with Gasteiger partial charge in [0.1, 0.15) is 18.5 Å². The van der Waals surface area contributed by atoms with E-state index in [1.807, 2.05) is 30.3 Å². The Labute approximate surface area is 126 Å². The number of hydrogen-bond donors (Lipinski definition) is 0. The summed E-state index contributed by atoms with van der Waals surface area (Å²) in [5, 5.41) is 0. The van der Waals surface area contributed by atoms with Gasteiger partial charge in [-0.15, -0.1) is 0 Å². The van der Waals surface area contributed by atoms with Crippen molar-refractivity contribution in [2.75, 3.05) is 6.61 Å². The van der Waals surface area contributed by atoms with E-state index in [1.165, 1.54) is 38.5 Å². The van der Waals surface area contributed by atoms with Crippen molar-refractivity contribution in [2.24, 2.45) is 23.2 Å². The van der Waals surface area contributed by atoms with Crippen molar-refractivity contribution >= 4 is 0 Å². The lowest BCUT2D eigenvalue weighted by Crippen LogP contribution is -2.49. The van der Waals surface area contributed by atoms with Crippen LogP contribution in [0.5, 0.6) is 5.75 Å². The second-order valence-electron chi connectivity index (χ2n) is 8.00. The summed E-state index contributed by atoms with van der Waals surface area (Å²) in [5.74, 6) is 4.00. The van der Waals surface area contributed by atoms with Crippen molar-refractivity contribution in [1.29, 1.82) is 0 Å². The van der Waals surface area contributed by atoms with E-state index < -0.39 is 0 Å². The zero-order valence-corrected chi connectivity index (χ0v) is 12.5. The van der Waals surface area contributed by atoms with Gasteiger partial charge in [-0.2, -0.15) is 0 Å². The van der Waals surface area contributed by atoms with Gasteiger partial charge in [0.15, 0.2) is 0 Å². The highest BCUT2D eigenvalue weighted by Crippen LogP contribution is 2.64. The molecule has 0 spiro atoms. The summed E-state index contributed by atoms with van der Waals surface area (Å²) in [7, 11) is 0. The Morgan fingerprint density at radius 3 is 2.19 bits per heavy atom. The van der Waals surface area contributed by atoms with E-state index in [2.05, 4.69) is 0 Å². The Morgan fingerprint density at radius 2 is 1.57 bits per heavy atom. The van der Waals surface area contributed by atoms with Crippen molar-refractivity contribution < 1.29 is 9.47 Å². The lowest BCUT2D eigenvalue weighted by Gasteiger charge is -2.56. The molecule has 2 heteroatoms. The first-order valence-electron chi connectivity index (χ1n) is 8.64. The third kappa shape index (κ3) is 2.11. The lowest BCUT2D eigenvalue weighted by atomic mass is 9.48. The number of benzene rings is 1. The van der Waals surface area contributed by atoms with E-state index in [4.69, 9.17) is 9.47 Å². The molecule has 4 aliphatic carbocycles. The summed E-state index contributed by atoms with van der Waals surface area (Å²) < 4.78 is 12.0. The average molecular weight is 284 g/mol. The largest absolute Gasteiger partial charge is 0.491 e. The minimum atomic E-state index is 0.349. The summed E-state index contributed by atoms with van der Waals surface area (Å²) in [6, 6.07) is 10.1. The molecule has 4 bridgehead atoms. The van der Waals surface area contributed by atoms with Crippen LogP contribution in [0.1, 0.15) is 38.5 Å². The van der Waals surface area contributed by atoms with Gasteiger partial charge in [-0.1, -0.05) is 18.2 Å². The highest BCUT2D eigenvalue weighted by molar-refractivity contribution is 5.21. The van der Waals surface area contributed by atoms with Crippen LogP contribution in [-0.2, 0) is 4.74 Å². The topological polar surface area (TPSA) is 21.8 Å². The summed E-state index contributed by atoms with van der Waals surface area (Å²) in [6.07, 6.45) is 9.68. The van der Waals surface area contributed by atoms with E-state index in [0.717, 1.165) is 30.1 Å². The molecule has 0 amide bonds. The summed E-state index contributed by atoms with van der Waals surface area (Å²) >= 11 is 0. The fourth-order valence-corrected chi connectivity index (χ4v) is 6.03. The van der Waals surface area contributed by atoms with Gasteiger partial charge < -0.3 is 9.47 Å². The fourth-order valence-electron chi connectivity index (χ4n) is 6.03. The standard InChI is InChI=1S/C19H24O2/c1-2-4-16(5-3-1)20-12-17-18(21-17)19-9-13-6-14(10-19)8-15(7-13)11-19/h1-5,13-15,17-18H,6-12H2/t13?,14?,15?,17-,18+,19?/m0/s1.